The van der Waals surface area contributed by atoms with Crippen molar-refractivity contribution in [1.29, 1.82) is 0 Å². The number of para-hydroxylation sites is 1. The fraction of sp³-hybridized carbons (Fsp3) is 0.235. The second-order valence-corrected chi connectivity index (χ2v) is 7.88. The monoisotopic (exact) mass is 366 g/mol. The third kappa shape index (κ3) is 4.72. The number of rotatable bonds is 6. The van der Waals surface area contributed by atoms with Crippen LogP contribution in [0.4, 0.5) is 5.69 Å². The van der Waals surface area contributed by atoms with Crippen molar-refractivity contribution >= 4 is 33.0 Å². The molecule has 5 nitrogen and oxygen atoms in total. The van der Waals surface area contributed by atoms with Crippen LogP contribution in [0.1, 0.15) is 5.56 Å². The Morgan fingerprint density at radius 2 is 1.75 bits per heavy atom. The summed E-state index contributed by atoms with van der Waals surface area (Å²) in [6, 6.07) is 13.6. The summed E-state index contributed by atoms with van der Waals surface area (Å²) in [4.78, 5) is 13.9. The summed E-state index contributed by atoms with van der Waals surface area (Å²) in [5, 5.41) is 2.97. The van der Waals surface area contributed by atoms with E-state index < -0.39 is 21.6 Å². The molecule has 0 saturated carbocycles. The Kier molecular flexibility index (Phi) is 5.85. The summed E-state index contributed by atoms with van der Waals surface area (Å²) in [5.74, 6) is -0.835. The summed E-state index contributed by atoms with van der Waals surface area (Å²) >= 11 is 6.08. The molecule has 0 unspecified atom stereocenters. The van der Waals surface area contributed by atoms with Crippen molar-refractivity contribution in [2.24, 2.45) is 0 Å². The van der Waals surface area contributed by atoms with E-state index in [-0.39, 0.29) is 11.4 Å². The average molecular weight is 367 g/mol. The Morgan fingerprint density at radius 3 is 2.38 bits per heavy atom. The van der Waals surface area contributed by atoms with Crippen LogP contribution in [0.2, 0.25) is 5.02 Å². The minimum absolute atomic E-state index is 0.00709. The van der Waals surface area contributed by atoms with Gasteiger partial charge in [-0.25, -0.2) is 8.42 Å². The van der Waals surface area contributed by atoms with Gasteiger partial charge in [0.15, 0.2) is 9.84 Å². The number of amides is 1. The molecule has 0 heterocycles. The maximum Gasteiger partial charge on any atom is 0.240 e. The Bertz CT molecular complexity index is 820. The van der Waals surface area contributed by atoms with Crippen molar-refractivity contribution in [2.75, 3.05) is 24.4 Å². The van der Waals surface area contributed by atoms with Crippen molar-refractivity contribution in [2.45, 2.75) is 11.8 Å². The van der Waals surface area contributed by atoms with E-state index in [4.69, 9.17) is 11.6 Å². The maximum atomic E-state index is 12.2. The molecule has 2 aromatic carbocycles. The Balaban J connectivity index is 1.95. The highest BCUT2D eigenvalue weighted by atomic mass is 35.5. The van der Waals surface area contributed by atoms with E-state index in [1.54, 1.807) is 42.3 Å². The van der Waals surface area contributed by atoms with Gasteiger partial charge in [0.05, 0.1) is 22.2 Å². The molecule has 0 atom stereocenters. The average Bonchev–Trinajstić information content (AvgIpc) is 2.54. The minimum atomic E-state index is -3.56. The second-order valence-electron chi connectivity index (χ2n) is 5.48. The largest absolute Gasteiger partial charge is 0.364 e. The van der Waals surface area contributed by atoms with E-state index in [9.17, 15) is 13.2 Å². The molecule has 24 heavy (non-hydrogen) atoms. The number of halogens is 1. The van der Waals surface area contributed by atoms with Crippen LogP contribution < -0.4 is 10.2 Å². The zero-order chi connectivity index (χ0) is 17.7. The predicted octanol–water partition coefficient (Wildman–Crippen LogP) is 2.63. The molecule has 0 aliphatic heterocycles. The summed E-state index contributed by atoms with van der Waals surface area (Å²) in [6.07, 6.45) is 0. The highest BCUT2D eigenvalue weighted by Gasteiger charge is 2.16. The first-order chi connectivity index (χ1) is 11.3. The minimum Gasteiger partial charge on any atom is -0.364 e. The number of anilines is 1. The Morgan fingerprint density at radius 1 is 1.12 bits per heavy atom. The lowest BCUT2D eigenvalue weighted by Crippen LogP contribution is -2.37. The molecule has 0 fully saturated rings. The van der Waals surface area contributed by atoms with Gasteiger partial charge in [0.25, 0.3) is 0 Å². The van der Waals surface area contributed by atoms with Gasteiger partial charge in [-0.2, -0.15) is 0 Å². The van der Waals surface area contributed by atoms with Crippen molar-refractivity contribution in [3.05, 3.63) is 59.1 Å². The van der Waals surface area contributed by atoms with Crippen molar-refractivity contribution in [1.82, 2.24) is 5.32 Å². The number of carbonyl (C=O) groups excluding carboxylic acids is 1. The first-order valence-corrected chi connectivity index (χ1v) is 9.34. The summed E-state index contributed by atoms with van der Waals surface area (Å²) in [6.45, 7) is 1.88. The summed E-state index contributed by atoms with van der Waals surface area (Å²) in [7, 11) is -1.84. The van der Waals surface area contributed by atoms with E-state index in [2.05, 4.69) is 5.32 Å². The molecule has 0 aliphatic carbocycles. The predicted molar refractivity (Wildman–Crippen MR) is 96.1 cm³/mol. The molecular formula is C17H19ClN2O3S. The zero-order valence-corrected chi connectivity index (χ0v) is 15.1. The van der Waals surface area contributed by atoms with E-state index in [0.29, 0.717) is 10.7 Å². The molecule has 1 amide bonds. The van der Waals surface area contributed by atoms with Gasteiger partial charge >= 0.3 is 0 Å². The van der Waals surface area contributed by atoms with Gasteiger partial charge in [-0.05, 0) is 31.2 Å². The molecule has 0 saturated heterocycles. The van der Waals surface area contributed by atoms with Gasteiger partial charge in [-0.3, -0.25) is 4.79 Å². The number of carbonyl (C=O) groups is 1. The number of benzene rings is 2. The molecule has 0 aliphatic rings. The molecule has 0 bridgehead atoms. The van der Waals surface area contributed by atoms with E-state index >= 15 is 0 Å². The number of hydrogen-bond donors (Lipinski definition) is 1. The van der Waals surface area contributed by atoms with Gasteiger partial charge < -0.3 is 10.2 Å². The fourth-order valence-corrected chi connectivity index (χ4v) is 3.47. The van der Waals surface area contributed by atoms with Crippen LogP contribution in [-0.2, 0) is 14.6 Å². The molecule has 2 aromatic rings. The highest BCUT2D eigenvalue weighted by molar-refractivity contribution is 7.91. The molecule has 0 aromatic heterocycles. The van der Waals surface area contributed by atoms with Crippen LogP contribution in [-0.4, -0.2) is 33.8 Å². The Hall–Kier alpha value is -2.05. The number of nitrogens with zero attached hydrogens (tertiary/aromatic N) is 1. The maximum absolute atomic E-state index is 12.2. The topological polar surface area (TPSA) is 66.5 Å². The second kappa shape index (κ2) is 7.68. The number of hydrogen-bond acceptors (Lipinski definition) is 4. The van der Waals surface area contributed by atoms with Crippen LogP contribution in [0.15, 0.2) is 53.4 Å². The third-order valence-electron chi connectivity index (χ3n) is 3.48. The van der Waals surface area contributed by atoms with Crippen LogP contribution in [0, 0.1) is 6.92 Å². The van der Waals surface area contributed by atoms with E-state index in [1.807, 2.05) is 13.0 Å². The number of nitrogens with one attached hydrogen (secondary N) is 1. The molecule has 2 rings (SSSR count). The van der Waals surface area contributed by atoms with Gasteiger partial charge in [-0.1, -0.05) is 41.4 Å². The quantitative estimate of drug-likeness (QED) is 0.853. The lowest BCUT2D eigenvalue weighted by Gasteiger charge is -2.19. The van der Waals surface area contributed by atoms with Gasteiger partial charge in [0.1, 0.15) is 5.88 Å². The van der Waals surface area contributed by atoms with Crippen LogP contribution >= 0.6 is 11.6 Å². The fourth-order valence-electron chi connectivity index (χ4n) is 2.12. The number of likely N-dealkylation sites (N-methyl/N-ethyl adjacent to an activating group) is 1. The zero-order valence-electron chi connectivity index (χ0n) is 13.5. The standard InChI is InChI=1S/C17H19ClN2O3S/c1-13-7-9-14(10-8-13)24(22,23)12-19-17(21)11-20(2)16-6-4-3-5-15(16)18/h3-10H,11-12H2,1-2H3,(H,19,21). The smallest absolute Gasteiger partial charge is 0.240 e. The summed E-state index contributed by atoms with van der Waals surface area (Å²) in [5.41, 5.74) is 1.68. The number of aryl methyl sites for hydroxylation is 1. The molecule has 0 spiro atoms. The number of sulfone groups is 1. The van der Waals surface area contributed by atoms with Crippen molar-refractivity contribution in [3.8, 4) is 0 Å². The molecule has 1 N–H and O–H groups in total. The molecule has 7 heteroatoms. The lowest BCUT2D eigenvalue weighted by atomic mass is 10.2. The van der Waals surface area contributed by atoms with Crippen molar-refractivity contribution < 1.29 is 13.2 Å². The lowest BCUT2D eigenvalue weighted by molar-refractivity contribution is -0.119. The third-order valence-corrected chi connectivity index (χ3v) is 5.32. The van der Waals surface area contributed by atoms with E-state index in [1.165, 1.54) is 12.1 Å². The Labute approximate surface area is 147 Å². The van der Waals surface area contributed by atoms with Crippen LogP contribution in [0.3, 0.4) is 0 Å². The van der Waals surface area contributed by atoms with Gasteiger partial charge in [0, 0.05) is 7.05 Å². The van der Waals surface area contributed by atoms with Crippen LogP contribution in [0.5, 0.6) is 0 Å². The first-order valence-electron chi connectivity index (χ1n) is 7.31. The van der Waals surface area contributed by atoms with Crippen LogP contribution in [0.25, 0.3) is 0 Å². The first kappa shape index (κ1) is 18.3. The highest BCUT2D eigenvalue weighted by Crippen LogP contribution is 2.23. The molecule has 128 valence electrons. The van der Waals surface area contributed by atoms with Gasteiger partial charge in [0.2, 0.25) is 5.91 Å². The van der Waals surface area contributed by atoms with Crippen molar-refractivity contribution in [3.63, 3.8) is 0 Å². The molecular weight excluding hydrogens is 348 g/mol. The SMILES string of the molecule is Cc1ccc(S(=O)(=O)CNC(=O)CN(C)c2ccccc2Cl)cc1. The summed E-state index contributed by atoms with van der Waals surface area (Å²) < 4.78 is 24.4. The normalized spacial score (nSPS) is 11.1. The van der Waals surface area contributed by atoms with Gasteiger partial charge in [-0.15, -0.1) is 0 Å². The van der Waals surface area contributed by atoms with E-state index in [0.717, 1.165) is 5.56 Å². The molecule has 0 radical (unpaired) electrons.